The second-order valence-corrected chi connectivity index (χ2v) is 7.63. The lowest BCUT2D eigenvalue weighted by Crippen LogP contribution is -2.35. The van der Waals surface area contributed by atoms with Crippen molar-refractivity contribution in [2.75, 3.05) is 18.0 Å². The normalized spacial score (nSPS) is 14.2. The Morgan fingerprint density at radius 1 is 1.20 bits per heavy atom. The molecule has 3 rings (SSSR count). The van der Waals surface area contributed by atoms with Crippen molar-refractivity contribution in [2.24, 2.45) is 0 Å². The molecule has 25 heavy (non-hydrogen) atoms. The molecule has 0 saturated carbocycles. The van der Waals surface area contributed by atoms with Gasteiger partial charge >= 0.3 is 0 Å². The molecule has 1 amide bonds. The molecule has 0 saturated heterocycles. The van der Waals surface area contributed by atoms with Gasteiger partial charge < -0.3 is 4.90 Å². The van der Waals surface area contributed by atoms with Crippen molar-refractivity contribution < 1.29 is 17.6 Å². The quantitative estimate of drug-likeness (QED) is 0.909. The Hall–Kier alpha value is -2.25. The molecule has 2 aromatic carbocycles. The highest BCUT2D eigenvalue weighted by atomic mass is 32.2. The van der Waals surface area contributed by atoms with E-state index in [9.17, 15) is 17.6 Å². The van der Waals surface area contributed by atoms with Crippen LogP contribution in [-0.2, 0) is 16.4 Å². The van der Waals surface area contributed by atoms with Crippen LogP contribution in [0.25, 0.3) is 0 Å². The molecule has 1 aliphatic heterocycles. The van der Waals surface area contributed by atoms with Crippen molar-refractivity contribution in [1.82, 2.24) is 4.72 Å². The van der Waals surface area contributed by atoms with Gasteiger partial charge in [-0.3, -0.25) is 4.79 Å². The van der Waals surface area contributed by atoms with E-state index in [4.69, 9.17) is 0 Å². The van der Waals surface area contributed by atoms with Crippen LogP contribution in [0.3, 0.4) is 0 Å². The predicted octanol–water partition coefficient (Wildman–Crippen LogP) is 2.72. The average molecular weight is 362 g/mol. The maximum absolute atomic E-state index is 13.1. The fourth-order valence-electron chi connectivity index (χ4n) is 2.97. The molecule has 5 nitrogen and oxygen atoms in total. The van der Waals surface area contributed by atoms with Crippen molar-refractivity contribution in [3.63, 3.8) is 0 Å². The van der Waals surface area contributed by atoms with Gasteiger partial charge in [0.15, 0.2) is 0 Å². The molecule has 0 aromatic heterocycles. The van der Waals surface area contributed by atoms with Crippen LogP contribution in [0.5, 0.6) is 0 Å². The largest absolute Gasteiger partial charge is 0.308 e. The molecule has 0 spiro atoms. The first-order valence-corrected chi connectivity index (χ1v) is 9.60. The third-order valence-electron chi connectivity index (χ3n) is 4.15. The van der Waals surface area contributed by atoms with E-state index in [0.717, 1.165) is 12.0 Å². The Balaban J connectivity index is 1.95. The Bertz CT molecular complexity index is 895. The number of hydrogen-bond donors (Lipinski definition) is 1. The van der Waals surface area contributed by atoms with Crippen LogP contribution in [-0.4, -0.2) is 27.4 Å². The summed E-state index contributed by atoms with van der Waals surface area (Å²) in [5.41, 5.74) is 1.93. The second-order valence-electron chi connectivity index (χ2n) is 5.86. The van der Waals surface area contributed by atoms with E-state index in [-0.39, 0.29) is 10.8 Å². The fraction of sp³-hybridized carbons (Fsp3) is 0.278. The zero-order valence-corrected chi connectivity index (χ0v) is 14.6. The van der Waals surface area contributed by atoms with E-state index in [2.05, 4.69) is 4.72 Å². The fourth-order valence-corrected chi connectivity index (χ4v) is 4.06. The number of carbonyl (C=O) groups is 1. The number of nitrogens with zero attached hydrogens (tertiary/aromatic N) is 1. The van der Waals surface area contributed by atoms with Gasteiger partial charge in [0.05, 0.1) is 4.90 Å². The summed E-state index contributed by atoms with van der Waals surface area (Å²) in [5.74, 6) is -0.614. The minimum Gasteiger partial charge on any atom is -0.308 e. The van der Waals surface area contributed by atoms with Crippen molar-refractivity contribution in [1.29, 1.82) is 0 Å². The maximum Gasteiger partial charge on any atom is 0.258 e. The molecule has 0 unspecified atom stereocenters. The number of sulfonamides is 1. The van der Waals surface area contributed by atoms with Crippen molar-refractivity contribution in [3.8, 4) is 0 Å². The Kier molecular flexibility index (Phi) is 4.87. The standard InChI is InChI=1S/C18H19FN2O3S/c1-2-20-25(23,24)16-9-10-17-14(12-16)4-3-11-21(17)18(22)13-5-7-15(19)8-6-13/h5-10,12,20H,2-4,11H2,1H3. The zero-order valence-electron chi connectivity index (χ0n) is 13.8. The van der Waals surface area contributed by atoms with E-state index in [1.165, 1.54) is 30.3 Å². The number of rotatable bonds is 4. The molecule has 0 aliphatic carbocycles. The minimum absolute atomic E-state index is 0.198. The Morgan fingerprint density at radius 3 is 2.60 bits per heavy atom. The first-order valence-electron chi connectivity index (χ1n) is 8.12. The van der Waals surface area contributed by atoms with Crippen LogP contribution < -0.4 is 9.62 Å². The van der Waals surface area contributed by atoms with Gasteiger partial charge in [-0.05, 0) is 60.9 Å². The van der Waals surface area contributed by atoms with Crippen LogP contribution in [0.2, 0.25) is 0 Å². The van der Waals surface area contributed by atoms with Crippen LogP contribution in [0, 0.1) is 5.82 Å². The summed E-state index contributed by atoms with van der Waals surface area (Å²) in [7, 11) is -3.53. The van der Waals surface area contributed by atoms with Gasteiger partial charge in [-0.2, -0.15) is 0 Å². The van der Waals surface area contributed by atoms with Gasteiger partial charge in [0.25, 0.3) is 5.91 Å². The highest BCUT2D eigenvalue weighted by Gasteiger charge is 2.25. The monoisotopic (exact) mass is 362 g/mol. The lowest BCUT2D eigenvalue weighted by Gasteiger charge is -2.30. The highest BCUT2D eigenvalue weighted by Crippen LogP contribution is 2.30. The topological polar surface area (TPSA) is 66.5 Å². The summed E-state index contributed by atoms with van der Waals surface area (Å²) in [4.78, 5) is 14.6. The van der Waals surface area contributed by atoms with E-state index in [1.807, 2.05) is 0 Å². The molecule has 0 radical (unpaired) electrons. The predicted molar refractivity (Wildman–Crippen MR) is 93.7 cm³/mol. The first-order chi connectivity index (χ1) is 11.9. The molecule has 7 heteroatoms. The van der Waals surface area contributed by atoms with E-state index < -0.39 is 15.8 Å². The molecule has 132 valence electrons. The van der Waals surface area contributed by atoms with Crippen LogP contribution >= 0.6 is 0 Å². The van der Waals surface area contributed by atoms with Crippen molar-refractivity contribution >= 4 is 21.6 Å². The van der Waals surface area contributed by atoms with Gasteiger partial charge in [0.1, 0.15) is 5.82 Å². The second kappa shape index (κ2) is 6.93. The van der Waals surface area contributed by atoms with Gasteiger partial charge in [-0.15, -0.1) is 0 Å². The first kappa shape index (κ1) is 17.6. The molecule has 1 heterocycles. The minimum atomic E-state index is -3.53. The number of fused-ring (bicyclic) bond motifs is 1. The van der Waals surface area contributed by atoms with E-state index >= 15 is 0 Å². The van der Waals surface area contributed by atoms with Crippen LogP contribution in [0.15, 0.2) is 47.4 Å². The summed E-state index contributed by atoms with van der Waals surface area (Å²) in [6.45, 7) is 2.58. The van der Waals surface area contributed by atoms with Crippen LogP contribution in [0.1, 0.15) is 29.3 Å². The lowest BCUT2D eigenvalue weighted by molar-refractivity contribution is 0.0985. The van der Waals surface area contributed by atoms with Crippen molar-refractivity contribution in [2.45, 2.75) is 24.7 Å². The van der Waals surface area contributed by atoms with Gasteiger partial charge in [-0.1, -0.05) is 6.92 Å². The van der Waals surface area contributed by atoms with Gasteiger partial charge in [-0.25, -0.2) is 17.5 Å². The Labute approximate surface area is 146 Å². The highest BCUT2D eigenvalue weighted by molar-refractivity contribution is 7.89. The number of amides is 1. The van der Waals surface area contributed by atoms with Crippen molar-refractivity contribution in [3.05, 3.63) is 59.4 Å². The number of aryl methyl sites for hydroxylation is 1. The molecular formula is C18H19FN2O3S. The number of halogens is 1. The average Bonchev–Trinajstić information content (AvgIpc) is 2.60. The number of nitrogens with one attached hydrogen (secondary N) is 1. The summed E-state index contributed by atoms with van der Waals surface area (Å²) >= 11 is 0. The summed E-state index contributed by atoms with van der Waals surface area (Å²) in [6, 6.07) is 10.2. The van der Waals surface area contributed by atoms with Gasteiger partial charge in [0.2, 0.25) is 10.0 Å². The SMILES string of the molecule is CCNS(=O)(=O)c1ccc2c(c1)CCCN2C(=O)c1ccc(F)cc1. The maximum atomic E-state index is 13.1. The molecule has 0 bridgehead atoms. The lowest BCUT2D eigenvalue weighted by atomic mass is 10.0. The smallest absolute Gasteiger partial charge is 0.258 e. The zero-order chi connectivity index (χ0) is 18.0. The number of anilines is 1. The molecule has 0 atom stereocenters. The summed E-state index contributed by atoms with van der Waals surface area (Å²) in [6.07, 6.45) is 1.45. The van der Waals surface area contributed by atoms with Gasteiger partial charge in [0, 0.05) is 24.3 Å². The molecule has 2 aromatic rings. The summed E-state index contributed by atoms with van der Waals surface area (Å²) in [5, 5.41) is 0. The third-order valence-corrected chi connectivity index (χ3v) is 5.69. The molecule has 0 fully saturated rings. The molecular weight excluding hydrogens is 343 g/mol. The number of benzene rings is 2. The number of hydrogen-bond acceptors (Lipinski definition) is 3. The van der Waals surface area contributed by atoms with Crippen LogP contribution in [0.4, 0.5) is 10.1 Å². The Morgan fingerprint density at radius 2 is 1.92 bits per heavy atom. The summed E-state index contributed by atoms with van der Waals surface area (Å²) < 4.78 is 39.8. The molecule has 1 aliphatic rings. The van der Waals surface area contributed by atoms with E-state index in [0.29, 0.717) is 30.8 Å². The number of carbonyl (C=O) groups excluding carboxylic acids is 1. The molecule has 1 N–H and O–H groups in total. The third kappa shape index (κ3) is 3.57. The van der Waals surface area contributed by atoms with E-state index in [1.54, 1.807) is 24.0 Å².